The molecule has 0 aliphatic carbocycles. The van der Waals surface area contributed by atoms with Crippen LogP contribution >= 0.6 is 0 Å². The molecule has 1 unspecified atom stereocenters. The quantitative estimate of drug-likeness (QED) is 0.449. The minimum atomic E-state index is -1.28. The van der Waals surface area contributed by atoms with Crippen molar-refractivity contribution >= 4 is 0 Å². The van der Waals surface area contributed by atoms with Crippen LogP contribution in [0.1, 0.15) is 20.8 Å². The van der Waals surface area contributed by atoms with Gasteiger partial charge in [-0.2, -0.15) is 0 Å². The summed E-state index contributed by atoms with van der Waals surface area (Å²) in [5.74, 6) is 0. The number of aliphatic hydroxyl groups is 4. The van der Waals surface area contributed by atoms with Crippen molar-refractivity contribution in [2.45, 2.75) is 51.3 Å². The molecule has 1 fully saturated rings. The molecule has 0 saturated carbocycles. The molecule has 90 valence electrons. The molecule has 1 aliphatic heterocycles. The maximum Gasteiger partial charge on any atom is 0.111 e. The normalized spacial score (nSPS) is 43.0. The number of aliphatic hydroxyl groups excluding tert-OH is 4. The van der Waals surface area contributed by atoms with Crippen molar-refractivity contribution in [3.05, 3.63) is 0 Å². The van der Waals surface area contributed by atoms with Crippen molar-refractivity contribution in [2.75, 3.05) is 6.61 Å². The maximum atomic E-state index is 9.74. The molecule has 1 heterocycles. The van der Waals surface area contributed by atoms with Crippen molar-refractivity contribution in [2.24, 2.45) is 5.41 Å². The van der Waals surface area contributed by atoms with E-state index < -0.39 is 30.5 Å². The van der Waals surface area contributed by atoms with Gasteiger partial charge in [-0.15, -0.1) is 0 Å². The second kappa shape index (κ2) is 4.35. The third-order valence-electron chi connectivity index (χ3n) is 2.75. The summed E-state index contributed by atoms with van der Waals surface area (Å²) in [5, 5.41) is 37.8. The Morgan fingerprint density at radius 3 is 1.93 bits per heavy atom. The first kappa shape index (κ1) is 12.9. The first-order chi connectivity index (χ1) is 6.79. The molecule has 0 spiro atoms. The highest BCUT2D eigenvalue weighted by atomic mass is 16.5. The molecule has 15 heavy (non-hydrogen) atoms. The van der Waals surface area contributed by atoms with Gasteiger partial charge in [-0.05, 0) is 5.41 Å². The summed E-state index contributed by atoms with van der Waals surface area (Å²) in [6, 6.07) is 0. The molecule has 5 nitrogen and oxygen atoms in total. The third kappa shape index (κ3) is 2.49. The van der Waals surface area contributed by atoms with E-state index in [4.69, 9.17) is 9.84 Å². The van der Waals surface area contributed by atoms with Gasteiger partial charge in [0.05, 0.1) is 12.7 Å². The topological polar surface area (TPSA) is 90.2 Å². The second-order valence-corrected chi connectivity index (χ2v) is 5.12. The molecule has 0 aromatic heterocycles. The van der Waals surface area contributed by atoms with E-state index in [9.17, 15) is 15.3 Å². The first-order valence-corrected chi connectivity index (χ1v) is 5.09. The van der Waals surface area contributed by atoms with Gasteiger partial charge in [0.15, 0.2) is 0 Å². The van der Waals surface area contributed by atoms with Gasteiger partial charge < -0.3 is 25.2 Å². The van der Waals surface area contributed by atoms with Gasteiger partial charge in [0.2, 0.25) is 0 Å². The number of rotatable bonds is 1. The van der Waals surface area contributed by atoms with Crippen LogP contribution in [0, 0.1) is 5.41 Å². The molecule has 0 bridgehead atoms. The average Bonchev–Trinajstić information content (AvgIpc) is 2.13. The minimum Gasteiger partial charge on any atom is -0.394 e. The van der Waals surface area contributed by atoms with Crippen LogP contribution < -0.4 is 0 Å². The Kier molecular flexibility index (Phi) is 3.73. The molecule has 5 heteroatoms. The largest absolute Gasteiger partial charge is 0.394 e. The fourth-order valence-corrected chi connectivity index (χ4v) is 1.82. The zero-order valence-electron chi connectivity index (χ0n) is 9.29. The smallest absolute Gasteiger partial charge is 0.111 e. The van der Waals surface area contributed by atoms with Gasteiger partial charge in [0, 0.05) is 0 Å². The predicted octanol–water partition coefficient (Wildman–Crippen LogP) is -1.13. The fourth-order valence-electron chi connectivity index (χ4n) is 1.82. The third-order valence-corrected chi connectivity index (χ3v) is 2.75. The summed E-state index contributed by atoms with van der Waals surface area (Å²) in [6.45, 7) is 5.21. The molecule has 1 saturated heterocycles. The number of hydrogen-bond acceptors (Lipinski definition) is 5. The first-order valence-electron chi connectivity index (χ1n) is 5.09. The Hall–Kier alpha value is -0.200. The fraction of sp³-hybridized carbons (Fsp3) is 1.00. The summed E-state index contributed by atoms with van der Waals surface area (Å²) in [7, 11) is 0. The summed E-state index contributed by atoms with van der Waals surface area (Å²) in [5.41, 5.74) is -0.367. The predicted molar refractivity (Wildman–Crippen MR) is 53.2 cm³/mol. The van der Waals surface area contributed by atoms with E-state index in [0.29, 0.717) is 0 Å². The number of hydrogen-bond donors (Lipinski definition) is 4. The highest BCUT2D eigenvalue weighted by Crippen LogP contribution is 2.32. The van der Waals surface area contributed by atoms with E-state index in [1.807, 2.05) is 20.8 Å². The lowest BCUT2D eigenvalue weighted by Gasteiger charge is -2.45. The lowest BCUT2D eigenvalue weighted by molar-refractivity contribution is -0.250. The zero-order valence-corrected chi connectivity index (χ0v) is 9.29. The van der Waals surface area contributed by atoms with Gasteiger partial charge in [0.25, 0.3) is 0 Å². The second-order valence-electron chi connectivity index (χ2n) is 5.12. The Balaban J connectivity index is 2.83. The van der Waals surface area contributed by atoms with Crippen molar-refractivity contribution in [1.82, 2.24) is 0 Å². The Morgan fingerprint density at radius 2 is 1.53 bits per heavy atom. The van der Waals surface area contributed by atoms with Crippen LogP contribution in [0.5, 0.6) is 0 Å². The molecule has 0 amide bonds. The van der Waals surface area contributed by atoms with Crippen molar-refractivity contribution in [1.29, 1.82) is 0 Å². The van der Waals surface area contributed by atoms with Gasteiger partial charge in [-0.25, -0.2) is 0 Å². The average molecular weight is 220 g/mol. The van der Waals surface area contributed by atoms with E-state index in [1.54, 1.807) is 0 Å². The van der Waals surface area contributed by atoms with Crippen LogP contribution in [-0.2, 0) is 4.74 Å². The van der Waals surface area contributed by atoms with E-state index in [1.165, 1.54) is 0 Å². The lowest BCUT2D eigenvalue weighted by atomic mass is 9.80. The summed E-state index contributed by atoms with van der Waals surface area (Å²) in [4.78, 5) is 0. The molecule has 1 aliphatic rings. The molecule has 4 N–H and O–H groups in total. The molecular weight excluding hydrogens is 200 g/mol. The molecule has 0 aromatic carbocycles. The maximum absolute atomic E-state index is 9.74. The monoisotopic (exact) mass is 220 g/mol. The van der Waals surface area contributed by atoms with E-state index in [2.05, 4.69) is 0 Å². The molecule has 0 aromatic rings. The Labute approximate surface area is 89.3 Å². The number of ether oxygens (including phenoxy) is 1. The molecule has 1 rings (SSSR count). The lowest BCUT2D eigenvalue weighted by Crippen LogP contribution is -2.61. The van der Waals surface area contributed by atoms with E-state index in [-0.39, 0.29) is 12.0 Å². The standard InChI is InChI=1S/C10H20O5/c1-10(2,3)9-8(14)7(13)6(12)5(4-11)15-9/h5-9,11-14H,4H2,1-3H3/t5-,6-,7+,8-,9?/m0/s1. The van der Waals surface area contributed by atoms with Crippen molar-refractivity contribution in [3.63, 3.8) is 0 Å². The van der Waals surface area contributed by atoms with Crippen LogP contribution in [0.25, 0.3) is 0 Å². The Bertz CT molecular complexity index is 210. The van der Waals surface area contributed by atoms with Gasteiger partial charge in [0.1, 0.15) is 24.4 Å². The van der Waals surface area contributed by atoms with E-state index >= 15 is 0 Å². The van der Waals surface area contributed by atoms with Crippen LogP contribution in [-0.4, -0.2) is 57.6 Å². The van der Waals surface area contributed by atoms with Crippen LogP contribution in [0.4, 0.5) is 0 Å². The van der Waals surface area contributed by atoms with Crippen LogP contribution in [0.2, 0.25) is 0 Å². The summed E-state index contributed by atoms with van der Waals surface area (Å²) < 4.78 is 5.38. The van der Waals surface area contributed by atoms with Crippen LogP contribution in [0.15, 0.2) is 0 Å². The van der Waals surface area contributed by atoms with Gasteiger partial charge in [-0.3, -0.25) is 0 Å². The molecular formula is C10H20O5. The van der Waals surface area contributed by atoms with Crippen LogP contribution in [0.3, 0.4) is 0 Å². The Morgan fingerprint density at radius 1 is 1.00 bits per heavy atom. The highest BCUT2D eigenvalue weighted by molar-refractivity contribution is 4.96. The van der Waals surface area contributed by atoms with E-state index in [0.717, 1.165) is 0 Å². The minimum absolute atomic E-state index is 0.367. The molecule has 5 atom stereocenters. The van der Waals surface area contributed by atoms with Gasteiger partial charge in [-0.1, -0.05) is 20.8 Å². The SMILES string of the molecule is CC(C)(C)C1O[C@@H](CO)[C@H](O)[C@@H](O)[C@@H]1O. The molecule has 0 radical (unpaired) electrons. The summed E-state index contributed by atoms with van der Waals surface area (Å²) >= 11 is 0. The van der Waals surface area contributed by atoms with Crippen molar-refractivity contribution in [3.8, 4) is 0 Å². The van der Waals surface area contributed by atoms with Gasteiger partial charge >= 0.3 is 0 Å². The zero-order chi connectivity index (χ0) is 11.8. The van der Waals surface area contributed by atoms with Crippen molar-refractivity contribution < 1.29 is 25.2 Å². The highest BCUT2D eigenvalue weighted by Gasteiger charge is 2.47. The summed E-state index contributed by atoms with van der Waals surface area (Å²) in [6.07, 6.45) is -5.10.